The van der Waals surface area contributed by atoms with Crippen LogP contribution in [0.25, 0.3) is 0 Å². The zero-order valence-corrected chi connectivity index (χ0v) is 34.7. The van der Waals surface area contributed by atoms with Gasteiger partial charge in [-0.25, -0.2) is 4.79 Å². The van der Waals surface area contributed by atoms with Crippen LogP contribution in [-0.4, -0.2) is 119 Å². The van der Waals surface area contributed by atoms with Crippen LogP contribution in [0.2, 0.25) is 5.02 Å². The van der Waals surface area contributed by atoms with Crippen LogP contribution < -0.4 is 0 Å². The van der Waals surface area contributed by atoms with Crippen molar-refractivity contribution in [2.24, 2.45) is 28.6 Å². The Labute approximate surface area is 347 Å². The SMILES string of the molecule is CCCC1O[C@@H]2C[C@H]3[C@@H]4CCC5=CC(=O)C=C[C@]5(C)[C@H]4[C@@H](O)C[C@]3(C)[C@]2(C(=O)CO)O1.O=C(O)COCCN1CCN(C(c2ccccc2)c2ccc(Cl)cc2)CC1. The fourth-order valence-corrected chi connectivity index (χ4v) is 11.7. The average Bonchev–Trinajstić information content (AvgIpc) is 3.70. The molecule has 0 aromatic heterocycles. The maximum absolute atomic E-state index is 13.2. The molecule has 10 atom stereocenters. The van der Waals surface area contributed by atoms with E-state index in [1.165, 1.54) is 11.1 Å². The summed E-state index contributed by atoms with van der Waals surface area (Å²) in [6.45, 7) is 10.4. The number of carbonyl (C=O) groups excluding carboxylic acids is 2. The first-order valence-electron chi connectivity index (χ1n) is 21.0. The van der Waals surface area contributed by atoms with Crippen LogP contribution in [0.3, 0.4) is 0 Å². The van der Waals surface area contributed by atoms with Gasteiger partial charge in [0.25, 0.3) is 0 Å². The number of hydrogen-bond donors (Lipinski definition) is 3. The van der Waals surface area contributed by atoms with Crippen LogP contribution in [0.5, 0.6) is 0 Å². The molecule has 2 unspecified atom stereocenters. The number of ether oxygens (including phenoxy) is 3. The number of aliphatic hydroxyl groups excluding tert-OH is 2. The molecule has 2 aromatic rings. The molecule has 0 radical (unpaired) electrons. The summed E-state index contributed by atoms with van der Waals surface area (Å²) in [7, 11) is 0. The lowest BCUT2D eigenvalue weighted by Gasteiger charge is -2.59. The highest BCUT2D eigenvalue weighted by atomic mass is 35.5. The molecule has 3 N–H and O–H groups in total. The Morgan fingerprint density at radius 3 is 2.41 bits per heavy atom. The van der Waals surface area contributed by atoms with Gasteiger partial charge >= 0.3 is 5.97 Å². The van der Waals surface area contributed by atoms with Crippen molar-refractivity contribution in [3.05, 3.63) is 94.5 Å². The van der Waals surface area contributed by atoms with Gasteiger partial charge in [0.1, 0.15) is 13.2 Å². The summed E-state index contributed by atoms with van der Waals surface area (Å²) in [6, 6.07) is 18.8. The van der Waals surface area contributed by atoms with E-state index in [1.807, 2.05) is 24.3 Å². The highest BCUT2D eigenvalue weighted by Crippen LogP contribution is 2.69. The maximum Gasteiger partial charge on any atom is 0.329 e. The van der Waals surface area contributed by atoms with Crippen molar-refractivity contribution >= 4 is 29.1 Å². The Morgan fingerprint density at radius 2 is 1.74 bits per heavy atom. The van der Waals surface area contributed by atoms with Gasteiger partial charge in [-0.1, -0.05) is 92.9 Å². The van der Waals surface area contributed by atoms with Gasteiger partial charge < -0.3 is 29.5 Å². The van der Waals surface area contributed by atoms with Gasteiger partial charge in [-0.3, -0.25) is 19.4 Å². The Balaban J connectivity index is 0.000000179. The number of rotatable bonds is 12. The first-order chi connectivity index (χ1) is 27.8. The second-order valence-corrected chi connectivity index (χ2v) is 17.9. The predicted molar refractivity (Wildman–Crippen MR) is 219 cm³/mol. The molecule has 6 aliphatic rings. The standard InChI is InChI=1S/C25H34O6.C21H25ClN2O3/c1-4-5-21-30-20-11-17-16-7-6-14-10-15(27)8-9-23(14,2)22(16)18(28)12-24(17,3)25(20,31-21)19(29)13-26;22-19-8-6-18(7-9-19)21(17-4-2-1-3-5-17)24-12-10-23(11-13-24)14-15-27-16-20(25)26/h8-10,16-18,20-22,26,28H,4-7,11-13H2,1-3H3;1-9,21H,10-16H2,(H,25,26)/t16-,17-,18-,20+,21?,22+,23-,24-,25+;/m0./s1. The zero-order valence-electron chi connectivity index (χ0n) is 33.9. The summed E-state index contributed by atoms with van der Waals surface area (Å²) in [6.07, 6.45) is 8.31. The number of piperazine rings is 1. The molecule has 8 rings (SSSR count). The third-order valence-electron chi connectivity index (χ3n) is 14.2. The maximum atomic E-state index is 13.2. The molecule has 2 saturated heterocycles. The van der Waals surface area contributed by atoms with Crippen molar-refractivity contribution in [3.63, 3.8) is 0 Å². The molecule has 2 heterocycles. The number of aliphatic carboxylic acids is 1. The van der Waals surface area contributed by atoms with Crippen molar-refractivity contribution in [2.45, 2.75) is 89.4 Å². The molecule has 4 aliphatic carbocycles. The summed E-state index contributed by atoms with van der Waals surface area (Å²) in [5.41, 5.74) is 1.47. The fraction of sp³-hybridized carbons (Fsp3) is 0.587. The number of aliphatic hydroxyl groups is 2. The average molecular weight is 819 g/mol. The van der Waals surface area contributed by atoms with Crippen molar-refractivity contribution in [3.8, 4) is 0 Å². The van der Waals surface area contributed by atoms with Gasteiger partial charge in [0.2, 0.25) is 0 Å². The van der Waals surface area contributed by atoms with E-state index >= 15 is 0 Å². The van der Waals surface area contributed by atoms with E-state index in [9.17, 15) is 24.6 Å². The third-order valence-corrected chi connectivity index (χ3v) is 14.5. The molecule has 5 fully saturated rings. The van der Waals surface area contributed by atoms with Gasteiger partial charge in [0.15, 0.2) is 23.5 Å². The minimum atomic E-state index is -1.20. The Morgan fingerprint density at radius 1 is 1.03 bits per heavy atom. The molecule has 0 spiro atoms. The summed E-state index contributed by atoms with van der Waals surface area (Å²) in [5.74, 6) is -0.895. The van der Waals surface area contributed by atoms with Crippen LogP contribution in [0.4, 0.5) is 0 Å². The van der Waals surface area contributed by atoms with E-state index < -0.39 is 42.1 Å². The molecule has 12 heteroatoms. The summed E-state index contributed by atoms with van der Waals surface area (Å²) < 4.78 is 17.8. The lowest BCUT2D eigenvalue weighted by Crippen LogP contribution is -2.63. The van der Waals surface area contributed by atoms with E-state index in [0.29, 0.717) is 25.9 Å². The summed E-state index contributed by atoms with van der Waals surface area (Å²) in [5, 5.41) is 30.8. The first-order valence-corrected chi connectivity index (χ1v) is 21.4. The smallest absolute Gasteiger partial charge is 0.329 e. The zero-order chi connectivity index (χ0) is 41.2. The summed E-state index contributed by atoms with van der Waals surface area (Å²) in [4.78, 5) is 40.5. The molecule has 2 aromatic carbocycles. The van der Waals surface area contributed by atoms with E-state index in [0.717, 1.165) is 62.6 Å². The number of ketones is 2. The van der Waals surface area contributed by atoms with E-state index in [1.54, 1.807) is 12.2 Å². The molecule has 3 saturated carbocycles. The number of nitrogens with zero attached hydrogens (tertiary/aromatic N) is 2. The number of hydrogen-bond acceptors (Lipinski definition) is 10. The number of halogens is 1. The van der Waals surface area contributed by atoms with E-state index in [4.69, 9.17) is 30.9 Å². The van der Waals surface area contributed by atoms with Crippen LogP contribution in [0.15, 0.2) is 78.4 Å². The molecule has 0 amide bonds. The molecular formula is C46H59ClN2O9. The lowest BCUT2D eigenvalue weighted by atomic mass is 9.46. The van der Waals surface area contributed by atoms with Gasteiger partial charge in [-0.15, -0.1) is 0 Å². The number of benzene rings is 2. The number of fused-ring (bicyclic) bond motifs is 7. The van der Waals surface area contributed by atoms with E-state index in [-0.39, 0.29) is 47.4 Å². The highest BCUT2D eigenvalue weighted by molar-refractivity contribution is 6.30. The van der Waals surface area contributed by atoms with Gasteiger partial charge in [0.05, 0.1) is 24.9 Å². The number of carboxylic acid groups (broad SMARTS) is 1. The fourth-order valence-electron chi connectivity index (χ4n) is 11.6. The van der Waals surface area contributed by atoms with Crippen molar-refractivity contribution in [1.29, 1.82) is 0 Å². The van der Waals surface area contributed by atoms with Crippen molar-refractivity contribution < 1.29 is 43.9 Å². The third kappa shape index (κ3) is 8.01. The molecule has 314 valence electrons. The monoisotopic (exact) mass is 818 g/mol. The van der Waals surface area contributed by atoms with Crippen molar-refractivity contribution in [1.82, 2.24) is 9.80 Å². The Hall–Kier alpha value is -3.26. The number of Topliss-reactive ketones (excluding diaryl/α,β-unsaturated/α-hetero) is 1. The first kappa shape index (κ1) is 42.8. The molecule has 58 heavy (non-hydrogen) atoms. The van der Waals surface area contributed by atoms with Crippen LogP contribution >= 0.6 is 11.6 Å². The lowest BCUT2D eigenvalue weighted by molar-refractivity contribution is -0.200. The van der Waals surface area contributed by atoms with Gasteiger partial charge in [-0.2, -0.15) is 0 Å². The van der Waals surface area contributed by atoms with Crippen molar-refractivity contribution in [2.75, 3.05) is 52.5 Å². The normalized spacial score (nSPS) is 34.8. The quantitative estimate of drug-likeness (QED) is 0.221. The number of carbonyl (C=O) groups is 3. The predicted octanol–water partition coefficient (Wildman–Crippen LogP) is 5.87. The largest absolute Gasteiger partial charge is 0.480 e. The highest BCUT2D eigenvalue weighted by Gasteiger charge is 2.75. The number of allylic oxidation sites excluding steroid dienone is 4. The Bertz CT molecular complexity index is 1850. The van der Waals surface area contributed by atoms with Crippen LogP contribution in [0.1, 0.15) is 76.5 Å². The minimum Gasteiger partial charge on any atom is -0.480 e. The number of carboxylic acids is 1. The molecule has 2 aliphatic heterocycles. The van der Waals surface area contributed by atoms with Crippen LogP contribution in [0, 0.1) is 28.6 Å². The van der Waals surface area contributed by atoms with Crippen LogP contribution in [-0.2, 0) is 28.6 Å². The molecule has 0 bridgehead atoms. The minimum absolute atomic E-state index is 0.0125. The molecular weight excluding hydrogens is 760 g/mol. The summed E-state index contributed by atoms with van der Waals surface area (Å²) >= 11 is 6.08. The van der Waals surface area contributed by atoms with E-state index in [2.05, 4.69) is 67.0 Å². The topological polar surface area (TPSA) is 146 Å². The van der Waals surface area contributed by atoms with Gasteiger partial charge in [0, 0.05) is 54.5 Å². The second kappa shape index (κ2) is 17.8. The second-order valence-electron chi connectivity index (χ2n) is 17.4. The Kier molecular flexibility index (Phi) is 13.1. The van der Waals surface area contributed by atoms with Gasteiger partial charge in [-0.05, 0) is 79.4 Å². The molecule has 11 nitrogen and oxygen atoms in total.